The summed E-state index contributed by atoms with van der Waals surface area (Å²) >= 11 is 0. The van der Waals surface area contributed by atoms with Crippen molar-refractivity contribution in [3.05, 3.63) is 34.4 Å². The fourth-order valence-electron chi connectivity index (χ4n) is 2.85. The molecule has 1 aromatic carbocycles. The lowest BCUT2D eigenvalue weighted by atomic mass is 9.79. The molecule has 5 nitrogen and oxygen atoms in total. The third kappa shape index (κ3) is 2.41. The predicted octanol–water partition coefficient (Wildman–Crippen LogP) is 2.10. The van der Waals surface area contributed by atoms with Crippen molar-refractivity contribution in [2.24, 2.45) is 0 Å². The quantitative estimate of drug-likeness (QED) is 0.863. The van der Waals surface area contributed by atoms with Gasteiger partial charge in [0.05, 0.1) is 22.1 Å². The van der Waals surface area contributed by atoms with Crippen LogP contribution in [0.15, 0.2) is 23.0 Å². The Labute approximate surface area is 135 Å². The third-order valence-corrected chi connectivity index (χ3v) is 5.24. The van der Waals surface area contributed by atoms with E-state index in [9.17, 15) is 4.79 Å². The normalized spacial score (nSPS) is 22.7. The Kier molecular flexibility index (Phi) is 3.03. The lowest BCUT2D eigenvalue weighted by molar-refractivity contribution is 0.00578. The van der Waals surface area contributed by atoms with Gasteiger partial charge in [0.1, 0.15) is 5.82 Å². The number of nitrogens with one attached hydrogen (secondary N) is 1. The molecule has 23 heavy (non-hydrogen) atoms. The van der Waals surface area contributed by atoms with Gasteiger partial charge < -0.3 is 14.3 Å². The number of aromatic amines is 1. The molecule has 0 spiro atoms. The van der Waals surface area contributed by atoms with Crippen molar-refractivity contribution in [2.45, 2.75) is 57.7 Å². The highest BCUT2D eigenvalue weighted by atomic mass is 16.7. The summed E-state index contributed by atoms with van der Waals surface area (Å²) in [6.07, 6.45) is 2.21. The number of hydrogen-bond donors (Lipinski definition) is 1. The van der Waals surface area contributed by atoms with E-state index in [0.717, 1.165) is 24.1 Å². The first-order valence-corrected chi connectivity index (χ1v) is 8.16. The number of fused-ring (bicyclic) bond motifs is 1. The average molecular weight is 312 g/mol. The van der Waals surface area contributed by atoms with Crippen molar-refractivity contribution in [3.63, 3.8) is 0 Å². The Bertz CT molecular complexity index is 823. The van der Waals surface area contributed by atoms with Crippen LogP contribution < -0.4 is 11.0 Å². The highest BCUT2D eigenvalue weighted by Gasteiger charge is 2.51. The summed E-state index contributed by atoms with van der Waals surface area (Å²) in [4.78, 5) is 19.7. The van der Waals surface area contributed by atoms with Gasteiger partial charge in [0.25, 0.3) is 5.56 Å². The van der Waals surface area contributed by atoms with Gasteiger partial charge in [0, 0.05) is 5.92 Å². The number of hydrogen-bond acceptors (Lipinski definition) is 4. The summed E-state index contributed by atoms with van der Waals surface area (Å²) in [7, 11) is -0.435. The van der Waals surface area contributed by atoms with Crippen molar-refractivity contribution >= 4 is 23.5 Å². The zero-order valence-electron chi connectivity index (χ0n) is 14.0. The molecule has 2 aliphatic rings. The van der Waals surface area contributed by atoms with Crippen LogP contribution in [0.4, 0.5) is 0 Å². The highest BCUT2D eigenvalue weighted by Crippen LogP contribution is 2.38. The number of rotatable bonds is 2. The molecule has 2 aromatic rings. The van der Waals surface area contributed by atoms with E-state index < -0.39 is 7.12 Å². The molecule has 1 aliphatic heterocycles. The van der Waals surface area contributed by atoms with Crippen LogP contribution in [0.2, 0.25) is 0 Å². The number of aromatic nitrogens is 2. The van der Waals surface area contributed by atoms with Gasteiger partial charge in [-0.05, 0) is 58.1 Å². The van der Waals surface area contributed by atoms with E-state index in [2.05, 4.69) is 9.97 Å². The average Bonchev–Trinajstić information content (AvgIpc) is 3.26. The maximum Gasteiger partial charge on any atom is 0.494 e. The Morgan fingerprint density at radius 1 is 1.17 bits per heavy atom. The molecule has 2 fully saturated rings. The summed E-state index contributed by atoms with van der Waals surface area (Å²) in [6.45, 7) is 8.12. The van der Waals surface area contributed by atoms with E-state index in [-0.39, 0.29) is 16.8 Å². The maximum absolute atomic E-state index is 12.2. The molecule has 120 valence electrons. The Morgan fingerprint density at radius 3 is 2.43 bits per heavy atom. The zero-order chi connectivity index (χ0) is 16.4. The van der Waals surface area contributed by atoms with Crippen LogP contribution in [-0.4, -0.2) is 28.3 Å². The topological polar surface area (TPSA) is 64.2 Å². The number of benzene rings is 1. The summed E-state index contributed by atoms with van der Waals surface area (Å²) in [5.41, 5.74) is 0.775. The van der Waals surface area contributed by atoms with Crippen LogP contribution in [0.25, 0.3) is 10.9 Å². The second-order valence-corrected chi connectivity index (χ2v) is 7.59. The van der Waals surface area contributed by atoms with Gasteiger partial charge in [-0.15, -0.1) is 0 Å². The van der Waals surface area contributed by atoms with E-state index >= 15 is 0 Å². The second-order valence-electron chi connectivity index (χ2n) is 7.59. The summed E-state index contributed by atoms with van der Waals surface area (Å²) in [5.74, 6) is 1.21. The minimum atomic E-state index is -0.435. The molecular formula is C17H21BN2O3. The van der Waals surface area contributed by atoms with Crippen molar-refractivity contribution in [1.29, 1.82) is 0 Å². The smallest absolute Gasteiger partial charge is 0.399 e. The van der Waals surface area contributed by atoms with Gasteiger partial charge in [-0.3, -0.25) is 4.79 Å². The van der Waals surface area contributed by atoms with Crippen LogP contribution in [0, 0.1) is 0 Å². The molecule has 0 bridgehead atoms. The molecular weight excluding hydrogens is 291 g/mol. The third-order valence-electron chi connectivity index (χ3n) is 5.24. The van der Waals surface area contributed by atoms with E-state index in [1.54, 1.807) is 6.07 Å². The fraction of sp³-hybridized carbons (Fsp3) is 0.529. The fourth-order valence-corrected chi connectivity index (χ4v) is 2.85. The molecule has 0 unspecified atom stereocenters. The minimum Gasteiger partial charge on any atom is -0.399 e. The predicted molar refractivity (Wildman–Crippen MR) is 90.1 cm³/mol. The van der Waals surface area contributed by atoms with Gasteiger partial charge in [0.15, 0.2) is 0 Å². The van der Waals surface area contributed by atoms with E-state index in [1.807, 2.05) is 39.8 Å². The summed E-state index contributed by atoms with van der Waals surface area (Å²) in [6, 6.07) is 5.61. The van der Waals surface area contributed by atoms with E-state index in [0.29, 0.717) is 16.8 Å². The van der Waals surface area contributed by atoms with Crippen molar-refractivity contribution in [1.82, 2.24) is 9.97 Å². The lowest BCUT2D eigenvalue weighted by Gasteiger charge is -2.32. The Balaban J connectivity index is 1.76. The molecule has 1 N–H and O–H groups in total. The van der Waals surface area contributed by atoms with E-state index in [1.165, 1.54) is 0 Å². The molecule has 1 saturated carbocycles. The van der Waals surface area contributed by atoms with Crippen molar-refractivity contribution in [2.75, 3.05) is 0 Å². The SMILES string of the molecule is CC1(C)OB(c2ccc3c(=O)[nH]c(C4CC4)nc3c2)OC1(C)C. The monoisotopic (exact) mass is 312 g/mol. The molecule has 1 saturated heterocycles. The van der Waals surface area contributed by atoms with Gasteiger partial charge in [0.2, 0.25) is 0 Å². The highest BCUT2D eigenvalue weighted by molar-refractivity contribution is 6.62. The Hall–Kier alpha value is -1.66. The van der Waals surface area contributed by atoms with Crippen LogP contribution >= 0.6 is 0 Å². The largest absolute Gasteiger partial charge is 0.494 e. The van der Waals surface area contributed by atoms with E-state index in [4.69, 9.17) is 9.31 Å². The van der Waals surface area contributed by atoms with Gasteiger partial charge in [-0.25, -0.2) is 4.98 Å². The first-order valence-electron chi connectivity index (χ1n) is 8.16. The molecule has 0 amide bonds. The van der Waals surface area contributed by atoms with Crippen LogP contribution in [-0.2, 0) is 9.31 Å². The van der Waals surface area contributed by atoms with Crippen molar-refractivity contribution < 1.29 is 9.31 Å². The van der Waals surface area contributed by atoms with Crippen LogP contribution in [0.5, 0.6) is 0 Å². The molecule has 0 atom stereocenters. The standard InChI is InChI=1S/C17H21BN2O3/c1-16(2)17(3,4)23-18(22-16)11-7-8-12-13(9-11)19-14(10-5-6-10)20-15(12)21/h7-10H,5-6H2,1-4H3,(H,19,20,21). The molecule has 1 aliphatic carbocycles. The van der Waals surface area contributed by atoms with Gasteiger partial charge in [-0.1, -0.05) is 6.07 Å². The first kappa shape index (κ1) is 14.9. The number of nitrogens with zero attached hydrogens (tertiary/aromatic N) is 1. The zero-order valence-corrected chi connectivity index (χ0v) is 14.0. The maximum atomic E-state index is 12.2. The van der Waals surface area contributed by atoms with Crippen molar-refractivity contribution in [3.8, 4) is 0 Å². The molecule has 6 heteroatoms. The van der Waals surface area contributed by atoms with Gasteiger partial charge in [-0.2, -0.15) is 0 Å². The molecule has 1 aromatic heterocycles. The summed E-state index contributed by atoms with van der Waals surface area (Å²) in [5, 5.41) is 0.606. The minimum absolute atomic E-state index is 0.0719. The van der Waals surface area contributed by atoms with Crippen LogP contribution in [0.1, 0.15) is 52.3 Å². The number of H-pyrrole nitrogens is 1. The Morgan fingerprint density at radius 2 is 1.83 bits per heavy atom. The lowest BCUT2D eigenvalue weighted by Crippen LogP contribution is -2.41. The second kappa shape index (κ2) is 4.68. The molecule has 2 heterocycles. The van der Waals surface area contributed by atoms with Crippen LogP contribution in [0.3, 0.4) is 0 Å². The molecule has 4 rings (SSSR count). The van der Waals surface area contributed by atoms with Gasteiger partial charge >= 0.3 is 7.12 Å². The summed E-state index contributed by atoms with van der Waals surface area (Å²) < 4.78 is 12.2. The first-order chi connectivity index (χ1) is 10.8. The molecule has 0 radical (unpaired) electrons.